The molecule has 18 heavy (non-hydrogen) atoms. The molecule has 0 aliphatic carbocycles. The second kappa shape index (κ2) is 7.30. The number of nitriles is 1. The second-order valence-electron chi connectivity index (χ2n) is 4.05. The molecule has 1 amide bonds. The van der Waals surface area contributed by atoms with Crippen molar-refractivity contribution in [2.24, 2.45) is 5.73 Å². The van der Waals surface area contributed by atoms with Crippen molar-refractivity contribution in [3.8, 4) is 11.8 Å². The summed E-state index contributed by atoms with van der Waals surface area (Å²) in [6.07, 6.45) is 0.808. The highest BCUT2D eigenvalue weighted by molar-refractivity contribution is 5.77. The number of carbonyl (C=O) groups excluding carboxylic acids is 1. The molecule has 1 unspecified atom stereocenters. The molecule has 0 aromatic heterocycles. The van der Waals surface area contributed by atoms with Crippen molar-refractivity contribution >= 4 is 5.91 Å². The van der Waals surface area contributed by atoms with Gasteiger partial charge in [0.2, 0.25) is 0 Å². The maximum atomic E-state index is 11.2. The van der Waals surface area contributed by atoms with Gasteiger partial charge in [-0.1, -0.05) is 12.1 Å². The van der Waals surface area contributed by atoms with Gasteiger partial charge < -0.3 is 15.8 Å². The normalized spacial score (nSPS) is 11.4. The maximum Gasteiger partial charge on any atom is 0.258 e. The van der Waals surface area contributed by atoms with E-state index < -0.39 is 0 Å². The number of nitrogens with zero attached hydrogens (tertiary/aromatic N) is 1. The third-order valence-corrected chi connectivity index (χ3v) is 2.22. The van der Waals surface area contributed by atoms with Crippen molar-refractivity contribution in [3.05, 3.63) is 29.8 Å². The number of benzene rings is 1. The number of hydrogen-bond acceptors (Lipinski definition) is 4. The molecule has 0 fully saturated rings. The number of ether oxygens (including phenoxy) is 1. The molecule has 1 atom stereocenters. The van der Waals surface area contributed by atoms with Crippen molar-refractivity contribution in [3.63, 3.8) is 0 Å². The van der Waals surface area contributed by atoms with Crippen LogP contribution in [0.1, 0.15) is 12.5 Å². The average molecular weight is 247 g/mol. The molecule has 0 spiro atoms. The second-order valence-corrected chi connectivity index (χ2v) is 4.05. The van der Waals surface area contributed by atoms with Crippen LogP contribution in [0.15, 0.2) is 24.3 Å². The predicted octanol–water partition coefficient (Wildman–Crippen LogP) is 0.595. The highest BCUT2D eigenvalue weighted by atomic mass is 16.5. The molecule has 96 valence electrons. The van der Waals surface area contributed by atoms with Gasteiger partial charge in [0.05, 0.1) is 6.07 Å². The Morgan fingerprint density at radius 1 is 1.50 bits per heavy atom. The summed E-state index contributed by atoms with van der Waals surface area (Å²) in [6.45, 7) is 1.85. The molecule has 3 N–H and O–H groups in total. The van der Waals surface area contributed by atoms with Crippen molar-refractivity contribution in [2.75, 3.05) is 13.2 Å². The van der Waals surface area contributed by atoms with E-state index in [4.69, 9.17) is 15.7 Å². The molecule has 0 saturated carbocycles. The lowest BCUT2D eigenvalue weighted by Gasteiger charge is -2.08. The number of rotatable bonds is 6. The van der Waals surface area contributed by atoms with E-state index in [1.54, 1.807) is 12.1 Å². The number of amides is 1. The number of nitrogens with one attached hydrogen (secondary N) is 1. The van der Waals surface area contributed by atoms with Crippen LogP contribution in [0.2, 0.25) is 0 Å². The Kier molecular flexibility index (Phi) is 5.68. The van der Waals surface area contributed by atoms with Crippen LogP contribution in [0.5, 0.6) is 5.75 Å². The lowest BCUT2D eigenvalue weighted by Crippen LogP contribution is -2.29. The van der Waals surface area contributed by atoms with Gasteiger partial charge in [-0.3, -0.25) is 4.79 Å². The van der Waals surface area contributed by atoms with Crippen LogP contribution in [0.25, 0.3) is 0 Å². The monoisotopic (exact) mass is 247 g/mol. The Balaban J connectivity index is 2.39. The number of carbonyl (C=O) groups is 1. The van der Waals surface area contributed by atoms with Gasteiger partial charge >= 0.3 is 0 Å². The molecule has 0 aliphatic rings. The summed E-state index contributed by atoms with van der Waals surface area (Å²) in [5.74, 6) is 0.312. The zero-order chi connectivity index (χ0) is 13.4. The first-order valence-corrected chi connectivity index (χ1v) is 5.73. The van der Waals surface area contributed by atoms with Crippen molar-refractivity contribution < 1.29 is 9.53 Å². The van der Waals surface area contributed by atoms with E-state index >= 15 is 0 Å². The maximum absolute atomic E-state index is 11.2. The molecule has 0 bridgehead atoms. The van der Waals surface area contributed by atoms with Crippen LogP contribution in [0.3, 0.4) is 0 Å². The van der Waals surface area contributed by atoms with E-state index in [2.05, 4.69) is 5.32 Å². The molecule has 1 rings (SSSR count). The Morgan fingerprint density at radius 3 is 2.72 bits per heavy atom. The summed E-state index contributed by atoms with van der Waals surface area (Å²) in [5.41, 5.74) is 6.83. The van der Waals surface area contributed by atoms with E-state index in [0.717, 1.165) is 12.0 Å². The fraction of sp³-hybridized carbons (Fsp3) is 0.385. The molecule has 0 radical (unpaired) electrons. The zero-order valence-corrected chi connectivity index (χ0v) is 10.3. The highest BCUT2D eigenvalue weighted by Crippen LogP contribution is 2.12. The first-order valence-electron chi connectivity index (χ1n) is 5.73. The van der Waals surface area contributed by atoms with Gasteiger partial charge in [0, 0.05) is 6.04 Å². The van der Waals surface area contributed by atoms with Gasteiger partial charge in [0.1, 0.15) is 12.3 Å². The Morgan fingerprint density at radius 2 is 2.17 bits per heavy atom. The fourth-order valence-electron chi connectivity index (χ4n) is 1.43. The van der Waals surface area contributed by atoms with Gasteiger partial charge in [-0.2, -0.15) is 5.26 Å². The van der Waals surface area contributed by atoms with Gasteiger partial charge in [-0.15, -0.1) is 0 Å². The first kappa shape index (κ1) is 14.0. The lowest BCUT2D eigenvalue weighted by molar-refractivity contribution is -0.122. The summed E-state index contributed by atoms with van der Waals surface area (Å²) < 4.78 is 5.27. The molecular weight excluding hydrogens is 230 g/mol. The molecule has 5 heteroatoms. The van der Waals surface area contributed by atoms with Crippen LogP contribution in [-0.4, -0.2) is 25.1 Å². The molecule has 5 nitrogen and oxygen atoms in total. The van der Waals surface area contributed by atoms with Crippen LogP contribution in [0, 0.1) is 11.3 Å². The van der Waals surface area contributed by atoms with Crippen LogP contribution in [0.4, 0.5) is 0 Å². The topological polar surface area (TPSA) is 88.1 Å². The molecule has 1 aromatic carbocycles. The third kappa shape index (κ3) is 5.32. The zero-order valence-electron chi connectivity index (χ0n) is 10.3. The minimum atomic E-state index is -0.309. The molecule has 1 aromatic rings. The molecular formula is C13H17N3O2. The summed E-state index contributed by atoms with van der Waals surface area (Å²) in [5, 5.41) is 10.7. The third-order valence-electron chi connectivity index (χ3n) is 2.22. The van der Waals surface area contributed by atoms with Crippen molar-refractivity contribution in [1.82, 2.24) is 5.32 Å². The summed E-state index contributed by atoms with van der Waals surface area (Å²) >= 11 is 0. The van der Waals surface area contributed by atoms with Crippen LogP contribution < -0.4 is 15.8 Å². The minimum absolute atomic E-state index is 0.00444. The molecule has 0 aliphatic heterocycles. The SMILES string of the molecule is CC(N)Cc1ccc(OCC(=O)NCC#N)cc1. The van der Waals surface area contributed by atoms with Gasteiger partial charge in [-0.05, 0) is 31.0 Å². The first-order chi connectivity index (χ1) is 8.61. The van der Waals surface area contributed by atoms with Crippen molar-refractivity contribution in [1.29, 1.82) is 5.26 Å². The Hall–Kier alpha value is -2.06. The average Bonchev–Trinajstić information content (AvgIpc) is 2.35. The van der Waals surface area contributed by atoms with Crippen LogP contribution >= 0.6 is 0 Å². The Labute approximate surface area is 107 Å². The summed E-state index contributed by atoms with van der Waals surface area (Å²) in [4.78, 5) is 11.2. The van der Waals surface area contributed by atoms with Gasteiger partial charge in [-0.25, -0.2) is 0 Å². The standard InChI is InChI=1S/C13H17N3O2/c1-10(15)8-11-2-4-12(5-3-11)18-9-13(17)16-7-6-14/h2-5,10H,7-9,15H2,1H3,(H,16,17). The van der Waals surface area contributed by atoms with E-state index in [1.165, 1.54) is 0 Å². The summed E-state index contributed by atoms with van der Waals surface area (Å²) in [7, 11) is 0. The van der Waals surface area contributed by atoms with E-state index in [0.29, 0.717) is 5.75 Å². The quantitative estimate of drug-likeness (QED) is 0.720. The smallest absolute Gasteiger partial charge is 0.258 e. The lowest BCUT2D eigenvalue weighted by atomic mass is 10.1. The number of hydrogen-bond donors (Lipinski definition) is 2. The van der Waals surface area contributed by atoms with E-state index in [1.807, 2.05) is 25.1 Å². The van der Waals surface area contributed by atoms with Gasteiger partial charge in [0.15, 0.2) is 6.61 Å². The number of nitrogens with two attached hydrogens (primary N) is 1. The molecule has 0 heterocycles. The Bertz CT molecular complexity index is 421. The van der Waals surface area contributed by atoms with Gasteiger partial charge in [0.25, 0.3) is 5.91 Å². The van der Waals surface area contributed by atoms with E-state index in [9.17, 15) is 4.79 Å². The summed E-state index contributed by atoms with van der Waals surface area (Å²) in [6, 6.07) is 9.39. The largest absolute Gasteiger partial charge is 0.484 e. The fourth-order valence-corrected chi connectivity index (χ4v) is 1.43. The predicted molar refractivity (Wildman–Crippen MR) is 67.9 cm³/mol. The minimum Gasteiger partial charge on any atom is -0.484 e. The van der Waals surface area contributed by atoms with E-state index in [-0.39, 0.29) is 25.1 Å². The molecule has 0 saturated heterocycles. The highest BCUT2D eigenvalue weighted by Gasteiger charge is 2.02. The van der Waals surface area contributed by atoms with Crippen molar-refractivity contribution in [2.45, 2.75) is 19.4 Å². The van der Waals surface area contributed by atoms with Crippen LogP contribution in [-0.2, 0) is 11.2 Å².